The number of ether oxygens (including phenoxy) is 1. The van der Waals surface area contributed by atoms with Gasteiger partial charge in [-0.2, -0.15) is 0 Å². The first kappa shape index (κ1) is 18.0. The molecule has 0 aliphatic heterocycles. The Hall–Kier alpha value is -2.77. The zero-order valence-electron chi connectivity index (χ0n) is 14.4. The first-order chi connectivity index (χ1) is 12.6. The van der Waals surface area contributed by atoms with Gasteiger partial charge in [-0.1, -0.05) is 30.3 Å². The molecule has 0 unspecified atom stereocenters. The Kier molecular flexibility index (Phi) is 5.60. The van der Waals surface area contributed by atoms with E-state index in [1.807, 2.05) is 30.3 Å². The Balaban J connectivity index is 1.69. The van der Waals surface area contributed by atoms with Crippen molar-refractivity contribution in [3.8, 4) is 5.75 Å². The van der Waals surface area contributed by atoms with Crippen LogP contribution in [0.3, 0.4) is 0 Å². The van der Waals surface area contributed by atoms with E-state index in [1.165, 1.54) is 0 Å². The normalized spacial score (nSPS) is 12.0. The SMILES string of the molecule is COc1cccc(CC(=O)N[C@@H](Cc2coc3ccccc23)B(O)O)c1. The van der Waals surface area contributed by atoms with E-state index in [4.69, 9.17) is 9.15 Å². The summed E-state index contributed by atoms with van der Waals surface area (Å²) in [5.41, 5.74) is 2.30. The van der Waals surface area contributed by atoms with Crippen LogP contribution in [0.4, 0.5) is 0 Å². The molecule has 2 aromatic carbocycles. The van der Waals surface area contributed by atoms with Gasteiger partial charge in [0.25, 0.3) is 0 Å². The summed E-state index contributed by atoms with van der Waals surface area (Å²) in [6.45, 7) is 0. The molecule has 1 atom stereocenters. The third-order valence-electron chi connectivity index (χ3n) is 4.21. The predicted molar refractivity (Wildman–Crippen MR) is 98.7 cm³/mol. The van der Waals surface area contributed by atoms with Crippen LogP contribution >= 0.6 is 0 Å². The number of amides is 1. The molecule has 6 nitrogen and oxygen atoms in total. The summed E-state index contributed by atoms with van der Waals surface area (Å²) in [7, 11) is -0.120. The smallest absolute Gasteiger partial charge is 0.475 e. The number of benzene rings is 2. The highest BCUT2D eigenvalue weighted by molar-refractivity contribution is 6.43. The van der Waals surface area contributed by atoms with Gasteiger partial charge in [0, 0.05) is 5.39 Å². The van der Waals surface area contributed by atoms with Gasteiger partial charge in [0.1, 0.15) is 11.3 Å². The molecule has 0 bridgehead atoms. The molecular weight excluding hydrogens is 333 g/mol. The van der Waals surface area contributed by atoms with Gasteiger partial charge in [-0.15, -0.1) is 0 Å². The minimum absolute atomic E-state index is 0.118. The lowest BCUT2D eigenvalue weighted by Gasteiger charge is -2.17. The van der Waals surface area contributed by atoms with Crippen molar-refractivity contribution in [1.82, 2.24) is 5.32 Å². The van der Waals surface area contributed by atoms with Crippen LogP contribution in [-0.4, -0.2) is 36.1 Å². The summed E-state index contributed by atoms with van der Waals surface area (Å²) < 4.78 is 10.6. The van der Waals surface area contributed by atoms with E-state index in [-0.39, 0.29) is 18.7 Å². The number of rotatable bonds is 7. The van der Waals surface area contributed by atoms with E-state index in [0.717, 1.165) is 22.1 Å². The Labute approximate surface area is 151 Å². The molecule has 1 heterocycles. The average Bonchev–Trinajstić information content (AvgIpc) is 3.04. The van der Waals surface area contributed by atoms with Crippen molar-refractivity contribution in [3.63, 3.8) is 0 Å². The molecular formula is C19H20BNO5. The monoisotopic (exact) mass is 353 g/mol. The quantitative estimate of drug-likeness (QED) is 0.563. The molecule has 0 radical (unpaired) electrons. The van der Waals surface area contributed by atoms with Crippen LogP contribution in [0.15, 0.2) is 59.2 Å². The Morgan fingerprint density at radius 1 is 1.23 bits per heavy atom. The number of fused-ring (bicyclic) bond motifs is 1. The summed E-state index contributed by atoms with van der Waals surface area (Å²) in [5.74, 6) is -0.475. The number of hydrogen-bond donors (Lipinski definition) is 3. The van der Waals surface area contributed by atoms with Crippen molar-refractivity contribution < 1.29 is 24.0 Å². The number of carbonyl (C=O) groups excluding carboxylic acids is 1. The van der Waals surface area contributed by atoms with Crippen LogP contribution in [0.2, 0.25) is 0 Å². The molecule has 26 heavy (non-hydrogen) atoms. The van der Waals surface area contributed by atoms with Gasteiger partial charge in [-0.05, 0) is 35.7 Å². The van der Waals surface area contributed by atoms with E-state index in [0.29, 0.717) is 5.75 Å². The molecule has 0 saturated carbocycles. The minimum atomic E-state index is -1.68. The summed E-state index contributed by atoms with van der Waals surface area (Å²) in [6.07, 6.45) is 1.94. The van der Waals surface area contributed by atoms with Crippen molar-refractivity contribution in [1.29, 1.82) is 0 Å². The summed E-state index contributed by atoms with van der Waals surface area (Å²) in [6, 6.07) is 14.7. The van der Waals surface area contributed by atoms with Gasteiger partial charge in [0.2, 0.25) is 5.91 Å². The van der Waals surface area contributed by atoms with Crippen LogP contribution < -0.4 is 10.1 Å². The molecule has 1 amide bonds. The summed E-state index contributed by atoms with van der Waals surface area (Å²) >= 11 is 0. The fourth-order valence-corrected chi connectivity index (χ4v) is 2.88. The summed E-state index contributed by atoms with van der Waals surface area (Å²) in [4.78, 5) is 12.3. The van der Waals surface area contributed by atoms with Crippen molar-refractivity contribution >= 4 is 24.0 Å². The van der Waals surface area contributed by atoms with E-state index in [2.05, 4.69) is 5.32 Å². The molecule has 0 aliphatic carbocycles. The number of furan rings is 1. The highest BCUT2D eigenvalue weighted by Gasteiger charge is 2.27. The van der Waals surface area contributed by atoms with Crippen LogP contribution in [0.1, 0.15) is 11.1 Å². The Bertz CT molecular complexity index is 892. The number of methoxy groups -OCH3 is 1. The Morgan fingerprint density at radius 2 is 2.04 bits per heavy atom. The largest absolute Gasteiger partial charge is 0.497 e. The van der Waals surface area contributed by atoms with Crippen molar-refractivity contribution in [2.75, 3.05) is 7.11 Å². The molecule has 0 spiro atoms. The van der Waals surface area contributed by atoms with Crippen LogP contribution in [0.5, 0.6) is 5.75 Å². The summed E-state index contributed by atoms with van der Waals surface area (Å²) in [5, 5.41) is 22.9. The highest BCUT2D eigenvalue weighted by Crippen LogP contribution is 2.22. The fourth-order valence-electron chi connectivity index (χ4n) is 2.88. The zero-order chi connectivity index (χ0) is 18.5. The second-order valence-corrected chi connectivity index (χ2v) is 6.08. The molecule has 3 N–H and O–H groups in total. The molecule has 0 saturated heterocycles. The van der Waals surface area contributed by atoms with Crippen LogP contribution in [-0.2, 0) is 17.6 Å². The van der Waals surface area contributed by atoms with Gasteiger partial charge in [-0.3, -0.25) is 4.79 Å². The molecule has 3 rings (SSSR count). The molecule has 0 fully saturated rings. The minimum Gasteiger partial charge on any atom is -0.497 e. The highest BCUT2D eigenvalue weighted by atomic mass is 16.5. The third-order valence-corrected chi connectivity index (χ3v) is 4.21. The predicted octanol–water partition coefficient (Wildman–Crippen LogP) is 1.72. The number of carbonyl (C=O) groups is 1. The van der Waals surface area contributed by atoms with E-state index < -0.39 is 13.1 Å². The van der Waals surface area contributed by atoms with Crippen molar-refractivity contribution in [3.05, 3.63) is 65.9 Å². The third kappa shape index (κ3) is 4.25. The lowest BCUT2D eigenvalue weighted by molar-refractivity contribution is -0.120. The first-order valence-electron chi connectivity index (χ1n) is 8.30. The van der Waals surface area contributed by atoms with Crippen LogP contribution in [0.25, 0.3) is 11.0 Å². The molecule has 134 valence electrons. The van der Waals surface area contributed by atoms with E-state index >= 15 is 0 Å². The molecule has 1 aromatic heterocycles. The van der Waals surface area contributed by atoms with E-state index in [1.54, 1.807) is 31.6 Å². The molecule has 0 aliphatic rings. The van der Waals surface area contributed by atoms with Gasteiger partial charge in [0.15, 0.2) is 0 Å². The first-order valence-corrected chi connectivity index (χ1v) is 8.30. The standard InChI is InChI=1S/C19H20BNO5/c1-25-15-6-4-5-13(9-15)10-19(22)21-18(20(23)24)11-14-12-26-17-8-3-2-7-16(14)17/h2-9,12,18,23-24H,10-11H2,1H3,(H,21,22)/t18-/m0/s1. The second kappa shape index (κ2) is 8.08. The molecule has 3 aromatic rings. The average molecular weight is 353 g/mol. The zero-order valence-corrected chi connectivity index (χ0v) is 14.4. The van der Waals surface area contributed by atoms with Gasteiger partial charge >= 0.3 is 7.12 Å². The maximum Gasteiger partial charge on any atom is 0.475 e. The second-order valence-electron chi connectivity index (χ2n) is 6.08. The maximum atomic E-state index is 12.3. The Morgan fingerprint density at radius 3 is 2.81 bits per heavy atom. The lowest BCUT2D eigenvalue weighted by Crippen LogP contribution is -2.48. The number of hydrogen-bond acceptors (Lipinski definition) is 5. The number of para-hydroxylation sites is 1. The fraction of sp³-hybridized carbons (Fsp3) is 0.211. The molecule has 7 heteroatoms. The van der Waals surface area contributed by atoms with Gasteiger partial charge in [-0.25, -0.2) is 0 Å². The van der Waals surface area contributed by atoms with E-state index in [9.17, 15) is 14.8 Å². The van der Waals surface area contributed by atoms with Crippen molar-refractivity contribution in [2.24, 2.45) is 0 Å². The number of nitrogens with one attached hydrogen (secondary N) is 1. The van der Waals surface area contributed by atoms with Crippen LogP contribution in [0, 0.1) is 0 Å². The van der Waals surface area contributed by atoms with Gasteiger partial charge < -0.3 is 24.5 Å². The topological polar surface area (TPSA) is 91.9 Å². The van der Waals surface area contributed by atoms with Gasteiger partial charge in [0.05, 0.1) is 25.7 Å². The van der Waals surface area contributed by atoms with Crippen molar-refractivity contribution in [2.45, 2.75) is 18.8 Å². The maximum absolute atomic E-state index is 12.3. The lowest BCUT2D eigenvalue weighted by atomic mass is 9.75.